The van der Waals surface area contributed by atoms with Gasteiger partial charge in [-0.25, -0.2) is 4.79 Å². The molecule has 1 saturated heterocycles. The second-order valence-electron chi connectivity index (χ2n) is 6.01. The van der Waals surface area contributed by atoms with Crippen LogP contribution in [0.1, 0.15) is 35.4 Å². The molecular formula is C19H21NO3. The van der Waals surface area contributed by atoms with Crippen LogP contribution >= 0.6 is 0 Å². The summed E-state index contributed by atoms with van der Waals surface area (Å²) in [6.45, 7) is 1.79. The fraction of sp³-hybridized carbons (Fsp3) is 0.316. The maximum atomic E-state index is 12.0. The highest BCUT2D eigenvalue weighted by Gasteiger charge is 2.42. The van der Waals surface area contributed by atoms with E-state index in [4.69, 9.17) is 0 Å². The summed E-state index contributed by atoms with van der Waals surface area (Å²) >= 11 is 0. The van der Waals surface area contributed by atoms with Crippen molar-refractivity contribution in [2.24, 2.45) is 0 Å². The van der Waals surface area contributed by atoms with Crippen molar-refractivity contribution in [3.63, 3.8) is 0 Å². The van der Waals surface area contributed by atoms with Gasteiger partial charge in [-0.15, -0.1) is 0 Å². The van der Waals surface area contributed by atoms with Crippen LogP contribution in [0.2, 0.25) is 0 Å². The Morgan fingerprint density at radius 2 is 1.78 bits per heavy atom. The molecule has 120 valence electrons. The van der Waals surface area contributed by atoms with Crippen molar-refractivity contribution in [1.82, 2.24) is 5.32 Å². The molecule has 3 N–H and O–H groups in total. The molecule has 0 bridgehead atoms. The molecule has 0 saturated carbocycles. The van der Waals surface area contributed by atoms with Crippen molar-refractivity contribution in [1.29, 1.82) is 0 Å². The van der Waals surface area contributed by atoms with E-state index < -0.39 is 11.6 Å². The lowest BCUT2D eigenvalue weighted by Crippen LogP contribution is -2.39. The molecule has 2 aromatic carbocycles. The first kappa shape index (κ1) is 15.7. The van der Waals surface area contributed by atoms with Crippen molar-refractivity contribution in [3.05, 3.63) is 71.3 Å². The van der Waals surface area contributed by atoms with Gasteiger partial charge in [0.2, 0.25) is 5.60 Å². The van der Waals surface area contributed by atoms with Crippen LogP contribution in [0.15, 0.2) is 54.6 Å². The molecule has 1 fully saturated rings. The van der Waals surface area contributed by atoms with Crippen molar-refractivity contribution in [2.75, 3.05) is 13.1 Å². The molecule has 2 unspecified atom stereocenters. The van der Waals surface area contributed by atoms with Crippen LogP contribution in [-0.4, -0.2) is 29.3 Å². The minimum absolute atomic E-state index is 0.217. The van der Waals surface area contributed by atoms with E-state index in [2.05, 4.69) is 5.32 Å². The molecular weight excluding hydrogens is 290 g/mol. The average molecular weight is 311 g/mol. The van der Waals surface area contributed by atoms with Crippen LogP contribution in [0.3, 0.4) is 0 Å². The zero-order chi connectivity index (χ0) is 16.3. The highest BCUT2D eigenvalue weighted by Crippen LogP contribution is 2.37. The first-order valence-corrected chi connectivity index (χ1v) is 7.95. The van der Waals surface area contributed by atoms with Gasteiger partial charge in [-0.3, -0.25) is 0 Å². The number of aliphatic carboxylic acids is 1. The van der Waals surface area contributed by atoms with Crippen LogP contribution in [-0.2, 0) is 10.4 Å². The average Bonchev–Trinajstić information content (AvgIpc) is 2.62. The van der Waals surface area contributed by atoms with Crippen LogP contribution in [0.5, 0.6) is 0 Å². The summed E-state index contributed by atoms with van der Waals surface area (Å²) in [5.41, 5.74) is -0.278. The molecule has 0 aliphatic carbocycles. The molecule has 4 nitrogen and oxygen atoms in total. The normalized spacial score (nSPS) is 20.7. The largest absolute Gasteiger partial charge is 0.479 e. The summed E-state index contributed by atoms with van der Waals surface area (Å²) in [7, 11) is 0. The Bertz CT molecular complexity index is 680. The molecule has 2 aromatic rings. The number of rotatable bonds is 4. The van der Waals surface area contributed by atoms with E-state index in [-0.39, 0.29) is 5.92 Å². The Labute approximate surface area is 135 Å². The molecule has 0 radical (unpaired) electrons. The molecule has 0 aromatic heterocycles. The van der Waals surface area contributed by atoms with E-state index in [0.717, 1.165) is 31.5 Å². The number of carbonyl (C=O) groups is 1. The molecule has 0 spiro atoms. The summed E-state index contributed by atoms with van der Waals surface area (Å²) in [4.78, 5) is 12.0. The number of carboxylic acid groups (broad SMARTS) is 1. The zero-order valence-electron chi connectivity index (χ0n) is 12.9. The second-order valence-corrected chi connectivity index (χ2v) is 6.01. The van der Waals surface area contributed by atoms with Gasteiger partial charge in [0.15, 0.2) is 0 Å². The third-order valence-electron chi connectivity index (χ3n) is 4.59. The zero-order valence-corrected chi connectivity index (χ0v) is 12.9. The lowest BCUT2D eigenvalue weighted by molar-refractivity contribution is -0.155. The molecule has 1 heterocycles. The van der Waals surface area contributed by atoms with Gasteiger partial charge in [0, 0.05) is 12.1 Å². The number of nitrogens with one attached hydrogen (secondary N) is 1. The summed E-state index contributed by atoms with van der Waals surface area (Å²) in [5.74, 6) is -1.03. The van der Waals surface area contributed by atoms with Crippen molar-refractivity contribution in [3.8, 4) is 0 Å². The van der Waals surface area contributed by atoms with Crippen LogP contribution < -0.4 is 5.32 Å². The molecule has 1 aliphatic heterocycles. The number of benzene rings is 2. The van der Waals surface area contributed by atoms with Crippen LogP contribution in [0.4, 0.5) is 0 Å². The van der Waals surface area contributed by atoms with Crippen LogP contribution in [0, 0.1) is 0 Å². The van der Waals surface area contributed by atoms with Gasteiger partial charge in [0.25, 0.3) is 0 Å². The molecule has 4 heteroatoms. The first-order valence-electron chi connectivity index (χ1n) is 7.95. The third kappa shape index (κ3) is 2.87. The number of piperidine rings is 1. The Morgan fingerprint density at radius 3 is 2.43 bits per heavy atom. The van der Waals surface area contributed by atoms with E-state index in [0.29, 0.717) is 11.1 Å². The van der Waals surface area contributed by atoms with Gasteiger partial charge in [0.1, 0.15) is 0 Å². The Kier molecular flexibility index (Phi) is 4.46. The van der Waals surface area contributed by atoms with E-state index in [9.17, 15) is 15.0 Å². The molecule has 3 rings (SSSR count). The standard InChI is InChI=1S/C19H21NO3/c21-18(22)19(23,15-8-2-1-3-9-15)17-11-5-4-10-16(17)14-7-6-12-20-13-14/h1-5,8-11,14,20,23H,6-7,12-13H2,(H,21,22). The van der Waals surface area contributed by atoms with Gasteiger partial charge >= 0.3 is 5.97 Å². The van der Waals surface area contributed by atoms with Crippen molar-refractivity contribution in [2.45, 2.75) is 24.4 Å². The van der Waals surface area contributed by atoms with E-state index in [1.165, 1.54) is 0 Å². The highest BCUT2D eigenvalue weighted by atomic mass is 16.4. The Hall–Kier alpha value is -2.17. The van der Waals surface area contributed by atoms with Crippen molar-refractivity contribution < 1.29 is 15.0 Å². The molecule has 2 atom stereocenters. The first-order chi connectivity index (χ1) is 11.1. The van der Waals surface area contributed by atoms with Crippen LogP contribution in [0.25, 0.3) is 0 Å². The SMILES string of the molecule is O=C(O)C(O)(c1ccccc1)c1ccccc1C1CCCNC1. The fourth-order valence-corrected chi connectivity index (χ4v) is 3.37. The highest BCUT2D eigenvalue weighted by molar-refractivity contribution is 5.84. The maximum Gasteiger partial charge on any atom is 0.345 e. The third-order valence-corrected chi connectivity index (χ3v) is 4.59. The Balaban J connectivity index is 2.13. The summed E-state index contributed by atoms with van der Waals surface area (Å²) in [6, 6.07) is 16.0. The maximum absolute atomic E-state index is 12.0. The van der Waals surface area contributed by atoms with Gasteiger partial charge in [-0.1, -0.05) is 54.6 Å². The lowest BCUT2D eigenvalue weighted by atomic mass is 9.78. The summed E-state index contributed by atoms with van der Waals surface area (Å²) < 4.78 is 0. The summed E-state index contributed by atoms with van der Waals surface area (Å²) in [6.07, 6.45) is 2.05. The number of hydrogen-bond donors (Lipinski definition) is 3. The van der Waals surface area contributed by atoms with E-state index in [1.807, 2.05) is 18.2 Å². The molecule has 0 amide bonds. The van der Waals surface area contributed by atoms with Gasteiger partial charge < -0.3 is 15.5 Å². The van der Waals surface area contributed by atoms with E-state index >= 15 is 0 Å². The van der Waals surface area contributed by atoms with Gasteiger partial charge in [0.05, 0.1) is 0 Å². The van der Waals surface area contributed by atoms with E-state index in [1.54, 1.807) is 36.4 Å². The molecule has 1 aliphatic rings. The topological polar surface area (TPSA) is 69.6 Å². The Morgan fingerprint density at radius 1 is 1.09 bits per heavy atom. The monoisotopic (exact) mass is 311 g/mol. The molecule has 23 heavy (non-hydrogen) atoms. The minimum Gasteiger partial charge on any atom is -0.479 e. The van der Waals surface area contributed by atoms with Crippen molar-refractivity contribution >= 4 is 5.97 Å². The smallest absolute Gasteiger partial charge is 0.345 e. The summed E-state index contributed by atoms with van der Waals surface area (Å²) in [5, 5.41) is 24.3. The number of carboxylic acids is 1. The minimum atomic E-state index is -2.03. The predicted molar refractivity (Wildman–Crippen MR) is 88.4 cm³/mol. The number of aliphatic hydroxyl groups is 1. The second kappa shape index (κ2) is 6.52. The predicted octanol–water partition coefficient (Wildman–Crippen LogP) is 2.47. The quantitative estimate of drug-likeness (QED) is 0.811. The fourth-order valence-electron chi connectivity index (χ4n) is 3.37. The lowest BCUT2D eigenvalue weighted by Gasteiger charge is -2.31. The number of hydrogen-bond acceptors (Lipinski definition) is 3. The van der Waals surface area contributed by atoms with Gasteiger partial charge in [-0.2, -0.15) is 0 Å². The van der Waals surface area contributed by atoms with Gasteiger partial charge in [-0.05, 0) is 36.4 Å².